The molecule has 0 fully saturated rings. The fourth-order valence-corrected chi connectivity index (χ4v) is 3.19. The Hall–Kier alpha value is -1.27. The normalized spacial score (nSPS) is 13.2. The summed E-state index contributed by atoms with van der Waals surface area (Å²) >= 11 is 0. The number of nitrogens with zero attached hydrogens (tertiary/aromatic N) is 1. The van der Waals surface area contributed by atoms with E-state index in [1.54, 1.807) is 13.8 Å². The van der Waals surface area contributed by atoms with Crippen LogP contribution in [0.3, 0.4) is 0 Å². The SMILES string of the molecule is CCOP(=O)(OCC)[C@H](N)c1ccc([N+](=O)[O-])cc1. The van der Waals surface area contributed by atoms with Crippen LogP contribution in [-0.2, 0) is 13.6 Å². The molecule has 2 N–H and O–H groups in total. The number of rotatable bonds is 7. The highest BCUT2D eigenvalue weighted by atomic mass is 31.2. The molecule has 8 heteroatoms. The van der Waals surface area contributed by atoms with E-state index < -0.39 is 18.3 Å². The number of nitrogens with two attached hydrogens (primary N) is 1. The van der Waals surface area contributed by atoms with Gasteiger partial charge in [0.05, 0.1) is 18.1 Å². The van der Waals surface area contributed by atoms with Gasteiger partial charge < -0.3 is 14.8 Å². The summed E-state index contributed by atoms with van der Waals surface area (Å²) in [5, 5.41) is 10.6. The molecule has 1 aromatic rings. The molecule has 0 spiro atoms. The molecule has 0 unspecified atom stereocenters. The lowest BCUT2D eigenvalue weighted by Gasteiger charge is -2.23. The van der Waals surface area contributed by atoms with E-state index in [0.29, 0.717) is 5.56 Å². The number of nitro benzene ring substituents is 1. The Bertz CT molecular complexity index is 466. The van der Waals surface area contributed by atoms with Gasteiger partial charge in [0.25, 0.3) is 5.69 Å². The Labute approximate surface area is 111 Å². The summed E-state index contributed by atoms with van der Waals surface area (Å²) in [5.41, 5.74) is 6.30. The van der Waals surface area contributed by atoms with Gasteiger partial charge in [-0.15, -0.1) is 0 Å². The van der Waals surface area contributed by atoms with Crippen molar-refractivity contribution >= 4 is 13.3 Å². The first kappa shape index (κ1) is 15.8. The van der Waals surface area contributed by atoms with E-state index in [0.717, 1.165) is 0 Å². The third-order valence-corrected chi connectivity index (χ3v) is 4.62. The second-order valence-electron chi connectivity index (χ2n) is 3.67. The van der Waals surface area contributed by atoms with Crippen LogP contribution >= 0.6 is 7.60 Å². The van der Waals surface area contributed by atoms with Crippen molar-refractivity contribution in [1.29, 1.82) is 0 Å². The molecule has 1 rings (SSSR count). The number of benzene rings is 1. The zero-order valence-corrected chi connectivity index (χ0v) is 11.7. The average molecular weight is 288 g/mol. The standard InChI is InChI=1S/C11H17N2O5P/c1-3-17-19(16,18-4-2)11(12)9-5-7-10(8-6-9)13(14)15/h5-8,11H,3-4,12H2,1-2H3/t11-/m0/s1. The molecule has 1 aromatic carbocycles. The van der Waals surface area contributed by atoms with Crippen LogP contribution in [0, 0.1) is 10.1 Å². The van der Waals surface area contributed by atoms with Gasteiger partial charge in [-0.2, -0.15) is 0 Å². The van der Waals surface area contributed by atoms with Gasteiger partial charge in [0.15, 0.2) is 0 Å². The molecule has 0 heterocycles. The van der Waals surface area contributed by atoms with Crippen molar-refractivity contribution in [3.63, 3.8) is 0 Å². The Morgan fingerprint density at radius 2 is 1.74 bits per heavy atom. The van der Waals surface area contributed by atoms with Crippen molar-refractivity contribution in [2.75, 3.05) is 13.2 Å². The Morgan fingerprint density at radius 3 is 2.11 bits per heavy atom. The van der Waals surface area contributed by atoms with Crippen LogP contribution in [0.4, 0.5) is 5.69 Å². The van der Waals surface area contributed by atoms with Gasteiger partial charge in [0.2, 0.25) is 0 Å². The van der Waals surface area contributed by atoms with Gasteiger partial charge in [0, 0.05) is 12.1 Å². The lowest BCUT2D eigenvalue weighted by molar-refractivity contribution is -0.384. The fourth-order valence-electron chi connectivity index (χ4n) is 1.53. The number of nitro groups is 1. The van der Waals surface area contributed by atoms with Crippen LogP contribution in [0.25, 0.3) is 0 Å². The third-order valence-electron chi connectivity index (χ3n) is 2.40. The molecule has 0 aromatic heterocycles. The van der Waals surface area contributed by atoms with Crippen LogP contribution < -0.4 is 5.73 Å². The number of hydrogen-bond acceptors (Lipinski definition) is 6. The van der Waals surface area contributed by atoms with Gasteiger partial charge in [-0.25, -0.2) is 0 Å². The van der Waals surface area contributed by atoms with E-state index in [-0.39, 0.29) is 18.9 Å². The van der Waals surface area contributed by atoms with E-state index in [1.165, 1.54) is 24.3 Å². The van der Waals surface area contributed by atoms with E-state index >= 15 is 0 Å². The molecule has 0 saturated heterocycles. The number of hydrogen-bond donors (Lipinski definition) is 1. The highest BCUT2D eigenvalue weighted by molar-refractivity contribution is 7.54. The molecule has 0 amide bonds. The molecule has 0 radical (unpaired) electrons. The fraction of sp³-hybridized carbons (Fsp3) is 0.455. The van der Waals surface area contributed by atoms with Crippen molar-refractivity contribution in [2.24, 2.45) is 5.73 Å². The average Bonchev–Trinajstić information content (AvgIpc) is 2.38. The van der Waals surface area contributed by atoms with E-state index in [4.69, 9.17) is 14.8 Å². The summed E-state index contributed by atoms with van der Waals surface area (Å²) in [7, 11) is -3.46. The molecule has 0 aliphatic carbocycles. The Kier molecular flexibility index (Phi) is 5.62. The molecule has 7 nitrogen and oxygen atoms in total. The zero-order valence-electron chi connectivity index (χ0n) is 10.8. The quantitative estimate of drug-likeness (QED) is 0.470. The number of non-ortho nitro benzene ring substituents is 1. The molecule has 106 valence electrons. The minimum absolute atomic E-state index is 0.0568. The van der Waals surface area contributed by atoms with Crippen LogP contribution in [0.2, 0.25) is 0 Å². The Morgan fingerprint density at radius 1 is 1.26 bits per heavy atom. The van der Waals surface area contributed by atoms with Crippen LogP contribution in [0.5, 0.6) is 0 Å². The topological polar surface area (TPSA) is 105 Å². The van der Waals surface area contributed by atoms with Crippen molar-refractivity contribution in [3.05, 3.63) is 39.9 Å². The Balaban J connectivity index is 2.99. The molecule has 0 aliphatic heterocycles. The molecular formula is C11H17N2O5P. The predicted molar refractivity (Wildman–Crippen MR) is 70.9 cm³/mol. The predicted octanol–water partition coefficient (Wildman–Crippen LogP) is 2.82. The molecule has 1 atom stereocenters. The van der Waals surface area contributed by atoms with Crippen LogP contribution in [0.1, 0.15) is 25.2 Å². The maximum Gasteiger partial charge on any atom is 0.351 e. The van der Waals surface area contributed by atoms with Crippen molar-refractivity contribution < 1.29 is 18.5 Å². The minimum Gasteiger partial charge on any atom is -0.314 e. The van der Waals surface area contributed by atoms with Crippen molar-refractivity contribution in [1.82, 2.24) is 0 Å². The highest BCUT2D eigenvalue weighted by Gasteiger charge is 2.33. The smallest absolute Gasteiger partial charge is 0.314 e. The zero-order chi connectivity index (χ0) is 14.5. The summed E-state index contributed by atoms with van der Waals surface area (Å²) in [4.78, 5) is 10.0. The van der Waals surface area contributed by atoms with E-state index in [2.05, 4.69) is 0 Å². The second kappa shape index (κ2) is 6.77. The lowest BCUT2D eigenvalue weighted by atomic mass is 10.2. The van der Waals surface area contributed by atoms with Gasteiger partial charge >= 0.3 is 7.60 Å². The minimum atomic E-state index is -3.46. The van der Waals surface area contributed by atoms with Crippen LogP contribution in [0.15, 0.2) is 24.3 Å². The van der Waals surface area contributed by atoms with Gasteiger partial charge in [-0.05, 0) is 31.5 Å². The highest BCUT2D eigenvalue weighted by Crippen LogP contribution is 2.58. The van der Waals surface area contributed by atoms with Crippen molar-refractivity contribution in [3.8, 4) is 0 Å². The van der Waals surface area contributed by atoms with E-state index in [1.807, 2.05) is 0 Å². The molecule has 19 heavy (non-hydrogen) atoms. The summed E-state index contributed by atoms with van der Waals surface area (Å²) in [6, 6.07) is 5.51. The maximum absolute atomic E-state index is 12.4. The van der Waals surface area contributed by atoms with Crippen molar-refractivity contribution in [2.45, 2.75) is 19.6 Å². The monoisotopic (exact) mass is 288 g/mol. The van der Waals surface area contributed by atoms with Crippen LogP contribution in [-0.4, -0.2) is 18.1 Å². The first-order chi connectivity index (χ1) is 8.94. The molecule has 0 bridgehead atoms. The molecule has 0 saturated carbocycles. The summed E-state index contributed by atoms with van der Waals surface area (Å²) in [6.45, 7) is 3.79. The third kappa shape index (κ3) is 3.84. The van der Waals surface area contributed by atoms with Gasteiger partial charge in [0.1, 0.15) is 5.78 Å². The summed E-state index contributed by atoms with van der Waals surface area (Å²) in [6.07, 6.45) is 0. The summed E-state index contributed by atoms with van der Waals surface area (Å²) < 4.78 is 22.7. The maximum atomic E-state index is 12.4. The molecular weight excluding hydrogens is 271 g/mol. The van der Waals surface area contributed by atoms with E-state index in [9.17, 15) is 14.7 Å². The first-order valence-electron chi connectivity index (χ1n) is 5.83. The lowest BCUT2D eigenvalue weighted by Crippen LogP contribution is -2.15. The first-order valence-corrected chi connectivity index (χ1v) is 7.44. The summed E-state index contributed by atoms with van der Waals surface area (Å²) in [5.74, 6) is -0.965. The second-order valence-corrected chi connectivity index (χ2v) is 5.82. The van der Waals surface area contributed by atoms with Gasteiger partial charge in [-0.1, -0.05) is 0 Å². The van der Waals surface area contributed by atoms with Gasteiger partial charge in [-0.3, -0.25) is 14.7 Å². The largest absolute Gasteiger partial charge is 0.351 e. The molecule has 0 aliphatic rings.